The van der Waals surface area contributed by atoms with E-state index in [1.807, 2.05) is 50.5 Å². The predicted molar refractivity (Wildman–Crippen MR) is 112 cm³/mol. The molecule has 1 amide bonds. The summed E-state index contributed by atoms with van der Waals surface area (Å²) in [6, 6.07) is 7.89. The lowest BCUT2D eigenvalue weighted by Gasteiger charge is -2.31. The minimum atomic E-state index is 0.103. The van der Waals surface area contributed by atoms with Crippen molar-refractivity contribution in [1.82, 2.24) is 19.8 Å². The van der Waals surface area contributed by atoms with Crippen LogP contribution in [0.4, 0.5) is 0 Å². The molecule has 2 aromatic rings. The summed E-state index contributed by atoms with van der Waals surface area (Å²) >= 11 is 0. The average molecular weight is 395 g/mol. The van der Waals surface area contributed by atoms with Crippen molar-refractivity contribution in [3.05, 3.63) is 53.6 Å². The Labute approximate surface area is 172 Å². The summed E-state index contributed by atoms with van der Waals surface area (Å²) in [5.41, 5.74) is 1.81. The molecule has 2 atom stereocenters. The molecule has 1 aromatic heterocycles. The lowest BCUT2D eigenvalue weighted by atomic mass is 9.98. The van der Waals surface area contributed by atoms with E-state index >= 15 is 0 Å². The summed E-state index contributed by atoms with van der Waals surface area (Å²) in [5, 5.41) is 0. The van der Waals surface area contributed by atoms with Gasteiger partial charge in [0.1, 0.15) is 11.6 Å². The second kappa shape index (κ2) is 8.91. The van der Waals surface area contributed by atoms with Gasteiger partial charge in [0.2, 0.25) is 0 Å². The molecule has 0 N–H and O–H groups in total. The van der Waals surface area contributed by atoms with Gasteiger partial charge in [0.25, 0.3) is 5.91 Å². The van der Waals surface area contributed by atoms with Crippen molar-refractivity contribution in [2.45, 2.75) is 45.7 Å². The molecule has 6 nitrogen and oxygen atoms in total. The van der Waals surface area contributed by atoms with Crippen molar-refractivity contribution in [2.75, 3.05) is 26.2 Å². The number of likely N-dealkylation sites (tertiary alicyclic amines) is 2. The molecule has 29 heavy (non-hydrogen) atoms. The Morgan fingerprint density at radius 3 is 2.76 bits per heavy atom. The normalized spacial score (nSPS) is 22.2. The molecule has 0 saturated carbocycles. The fraction of sp³-hybridized carbons (Fsp3) is 0.522. The Hall–Kier alpha value is -2.47. The zero-order valence-corrected chi connectivity index (χ0v) is 17.4. The molecule has 2 aliphatic rings. The van der Waals surface area contributed by atoms with Crippen LogP contribution in [0.3, 0.4) is 0 Å². The number of aryl methyl sites for hydroxylation is 1. The topological polar surface area (TPSA) is 58.6 Å². The molecular formula is C23H30N4O2. The van der Waals surface area contributed by atoms with Gasteiger partial charge in [0, 0.05) is 50.2 Å². The molecule has 0 bridgehead atoms. The first kappa shape index (κ1) is 19.8. The minimum absolute atomic E-state index is 0.103. The fourth-order valence-corrected chi connectivity index (χ4v) is 4.65. The van der Waals surface area contributed by atoms with Crippen molar-refractivity contribution in [1.29, 1.82) is 0 Å². The molecule has 6 heteroatoms. The molecule has 2 fully saturated rings. The number of para-hydroxylation sites is 1. The highest BCUT2D eigenvalue weighted by molar-refractivity contribution is 5.97. The maximum atomic E-state index is 13.5. The number of hydrogen-bond acceptors (Lipinski definition) is 5. The van der Waals surface area contributed by atoms with Crippen LogP contribution in [0, 0.1) is 12.8 Å². The van der Waals surface area contributed by atoms with Crippen LogP contribution < -0.4 is 4.74 Å². The van der Waals surface area contributed by atoms with Crippen LogP contribution in [-0.4, -0.2) is 58.0 Å². The third-order valence-corrected chi connectivity index (χ3v) is 6.03. The van der Waals surface area contributed by atoms with E-state index in [9.17, 15) is 4.79 Å². The number of ether oxygens (including phenoxy) is 1. The van der Waals surface area contributed by atoms with Gasteiger partial charge in [-0.15, -0.1) is 0 Å². The highest BCUT2D eigenvalue weighted by Gasteiger charge is 2.40. The molecule has 0 unspecified atom stereocenters. The summed E-state index contributed by atoms with van der Waals surface area (Å²) in [6.07, 6.45) is 7.26. The van der Waals surface area contributed by atoms with Crippen LogP contribution in [0.2, 0.25) is 0 Å². The van der Waals surface area contributed by atoms with E-state index < -0.39 is 0 Å². The number of rotatable bonds is 5. The average Bonchev–Trinajstić information content (AvgIpc) is 3.02. The SMILES string of the molecule is CCOc1ccccc1C(=O)N1CCCC[C@H]2CN(Cc3cnc(C)nc3)C[C@H]21. The van der Waals surface area contributed by atoms with E-state index in [1.165, 1.54) is 12.8 Å². The third-order valence-electron chi connectivity index (χ3n) is 6.03. The van der Waals surface area contributed by atoms with Gasteiger partial charge in [-0.3, -0.25) is 9.69 Å². The Balaban J connectivity index is 1.52. The molecular weight excluding hydrogens is 364 g/mol. The number of nitrogens with zero attached hydrogens (tertiary/aromatic N) is 4. The summed E-state index contributed by atoms with van der Waals surface area (Å²) in [5.74, 6) is 2.11. The Kier molecular flexibility index (Phi) is 6.09. The Morgan fingerprint density at radius 1 is 1.17 bits per heavy atom. The van der Waals surface area contributed by atoms with Gasteiger partial charge in [0.05, 0.1) is 12.2 Å². The number of amides is 1. The second-order valence-corrected chi connectivity index (χ2v) is 8.08. The number of carbonyl (C=O) groups excluding carboxylic acids is 1. The monoisotopic (exact) mass is 394 g/mol. The van der Waals surface area contributed by atoms with Crippen LogP contribution >= 0.6 is 0 Å². The number of aromatic nitrogens is 2. The number of carbonyl (C=O) groups is 1. The molecule has 2 saturated heterocycles. The zero-order chi connectivity index (χ0) is 20.2. The van der Waals surface area contributed by atoms with E-state index in [0.29, 0.717) is 23.8 Å². The third kappa shape index (κ3) is 4.42. The standard InChI is InChI=1S/C23H30N4O2/c1-3-29-22-10-5-4-9-20(22)23(28)27-11-7-6-8-19-15-26(16-21(19)27)14-18-12-24-17(2)25-13-18/h4-5,9-10,12-13,19,21H,3,6-8,11,14-16H2,1-2H3/t19-,21+/m0/s1. The fourth-order valence-electron chi connectivity index (χ4n) is 4.65. The molecule has 0 spiro atoms. The van der Waals surface area contributed by atoms with Crippen LogP contribution in [0.15, 0.2) is 36.7 Å². The lowest BCUT2D eigenvalue weighted by Crippen LogP contribution is -2.44. The van der Waals surface area contributed by atoms with Gasteiger partial charge in [-0.05, 0) is 44.7 Å². The van der Waals surface area contributed by atoms with Crippen LogP contribution in [0.25, 0.3) is 0 Å². The largest absolute Gasteiger partial charge is 0.493 e. The van der Waals surface area contributed by atoms with Crippen molar-refractivity contribution in [3.8, 4) is 5.75 Å². The van der Waals surface area contributed by atoms with Crippen LogP contribution in [-0.2, 0) is 6.54 Å². The number of benzene rings is 1. The van der Waals surface area contributed by atoms with Gasteiger partial charge in [-0.2, -0.15) is 0 Å². The quantitative estimate of drug-likeness (QED) is 0.779. The van der Waals surface area contributed by atoms with E-state index in [1.54, 1.807) is 0 Å². The molecule has 4 rings (SSSR count). The van der Waals surface area contributed by atoms with Gasteiger partial charge in [-0.1, -0.05) is 18.6 Å². The first-order valence-electron chi connectivity index (χ1n) is 10.7. The van der Waals surface area contributed by atoms with Gasteiger partial charge >= 0.3 is 0 Å². The van der Waals surface area contributed by atoms with E-state index in [4.69, 9.17) is 4.74 Å². The molecule has 3 heterocycles. The summed E-state index contributed by atoms with van der Waals surface area (Å²) in [7, 11) is 0. The maximum absolute atomic E-state index is 13.5. The van der Waals surface area contributed by atoms with Crippen molar-refractivity contribution < 1.29 is 9.53 Å². The highest BCUT2D eigenvalue weighted by atomic mass is 16.5. The minimum Gasteiger partial charge on any atom is -0.493 e. The van der Waals surface area contributed by atoms with Crippen LogP contribution in [0.5, 0.6) is 5.75 Å². The molecule has 0 aliphatic carbocycles. The van der Waals surface area contributed by atoms with Crippen molar-refractivity contribution in [3.63, 3.8) is 0 Å². The first-order chi connectivity index (χ1) is 14.2. The first-order valence-corrected chi connectivity index (χ1v) is 10.7. The summed E-state index contributed by atoms with van der Waals surface area (Å²) < 4.78 is 5.73. The van der Waals surface area contributed by atoms with Crippen LogP contribution in [0.1, 0.15) is 47.9 Å². The summed E-state index contributed by atoms with van der Waals surface area (Å²) in [4.78, 5) is 26.7. The zero-order valence-electron chi connectivity index (χ0n) is 17.4. The number of hydrogen-bond donors (Lipinski definition) is 0. The predicted octanol–water partition coefficient (Wildman–Crippen LogP) is 3.31. The molecule has 0 radical (unpaired) electrons. The molecule has 2 aliphatic heterocycles. The van der Waals surface area contributed by atoms with Gasteiger partial charge in [0.15, 0.2) is 0 Å². The number of fused-ring (bicyclic) bond motifs is 1. The smallest absolute Gasteiger partial charge is 0.257 e. The van der Waals surface area contributed by atoms with Gasteiger partial charge < -0.3 is 9.64 Å². The molecule has 1 aromatic carbocycles. The molecule has 154 valence electrons. The van der Waals surface area contributed by atoms with Crippen molar-refractivity contribution in [2.24, 2.45) is 5.92 Å². The van der Waals surface area contributed by atoms with Gasteiger partial charge in [-0.25, -0.2) is 9.97 Å². The Bertz CT molecular complexity index is 839. The van der Waals surface area contributed by atoms with E-state index in [-0.39, 0.29) is 11.9 Å². The van der Waals surface area contributed by atoms with Crippen molar-refractivity contribution >= 4 is 5.91 Å². The second-order valence-electron chi connectivity index (χ2n) is 8.08. The highest BCUT2D eigenvalue weighted by Crippen LogP contribution is 2.33. The van der Waals surface area contributed by atoms with E-state index in [2.05, 4.69) is 19.8 Å². The lowest BCUT2D eigenvalue weighted by molar-refractivity contribution is 0.0659. The Morgan fingerprint density at radius 2 is 1.97 bits per heavy atom. The maximum Gasteiger partial charge on any atom is 0.257 e. The summed E-state index contributed by atoms with van der Waals surface area (Å²) in [6.45, 7) is 8.00. The van der Waals surface area contributed by atoms with E-state index in [0.717, 1.165) is 44.0 Å².